The van der Waals surface area contributed by atoms with E-state index >= 15 is 0 Å². The molecule has 0 bridgehead atoms. The maximum absolute atomic E-state index is 5.37. The second kappa shape index (κ2) is 13.3. The summed E-state index contributed by atoms with van der Waals surface area (Å²) in [5.41, 5.74) is 8.56. The van der Waals surface area contributed by atoms with Gasteiger partial charge in [0.1, 0.15) is 0 Å². The van der Waals surface area contributed by atoms with Crippen LogP contribution in [0.3, 0.4) is 0 Å². The van der Waals surface area contributed by atoms with Gasteiger partial charge in [-0.25, -0.2) is 4.98 Å². The lowest BCUT2D eigenvalue weighted by Gasteiger charge is -2.13. The summed E-state index contributed by atoms with van der Waals surface area (Å²) < 4.78 is 2.25. The molecule has 0 saturated carbocycles. The SMILES string of the molecule is c1ccc(-c2ccc(-c3cccc(-c4nc(-c5ccccc5)nc(-n5c6cc7ccccc7cc6c6c7c8ccccc8c8ccccc8c7ccc65)n4)c3)cc2)cc1. The summed E-state index contributed by atoms with van der Waals surface area (Å²) in [6, 6.07) is 73.4. The lowest BCUT2D eigenvalue weighted by molar-refractivity contribution is 0.954. The van der Waals surface area contributed by atoms with E-state index in [2.05, 4.69) is 187 Å². The number of fused-ring (bicyclic) bond motifs is 11. The molecule has 274 valence electrons. The molecule has 0 aliphatic carbocycles. The Bertz CT molecular complexity index is 3550. The van der Waals surface area contributed by atoms with Crippen molar-refractivity contribution in [2.45, 2.75) is 0 Å². The standard InChI is InChI=1S/C55H34N4/c1-3-14-35(15-4-1)36-26-28-37(29-27-36)39-20-13-21-42(32-39)54-56-53(38-16-5-2-6-17-38)57-55(58-54)59-49-31-30-47-45-24-10-9-22-43(45)44-23-11-12-25-46(44)51(47)52(49)48-33-40-18-7-8-19-41(40)34-50(48)59/h1-34H. The third kappa shape index (κ3) is 5.42. The Morgan fingerprint density at radius 3 is 1.46 bits per heavy atom. The van der Waals surface area contributed by atoms with E-state index in [1.807, 2.05) is 24.3 Å². The molecule has 0 spiro atoms. The van der Waals surface area contributed by atoms with Crippen LogP contribution in [-0.2, 0) is 0 Å². The number of rotatable bonds is 5. The molecule has 59 heavy (non-hydrogen) atoms. The van der Waals surface area contributed by atoms with Crippen LogP contribution in [0, 0.1) is 0 Å². The molecular formula is C55H34N4. The molecule has 0 atom stereocenters. The van der Waals surface area contributed by atoms with Crippen molar-refractivity contribution in [2.24, 2.45) is 0 Å². The van der Waals surface area contributed by atoms with E-state index in [0.717, 1.165) is 44.1 Å². The summed E-state index contributed by atoms with van der Waals surface area (Å²) in [7, 11) is 0. The van der Waals surface area contributed by atoms with Crippen molar-refractivity contribution < 1.29 is 0 Å². The Morgan fingerprint density at radius 1 is 0.271 bits per heavy atom. The molecule has 4 heteroatoms. The molecule has 12 rings (SSSR count). The van der Waals surface area contributed by atoms with E-state index in [-0.39, 0.29) is 0 Å². The average molecular weight is 751 g/mol. The molecule has 12 aromatic rings. The highest BCUT2D eigenvalue weighted by molar-refractivity contribution is 6.35. The predicted molar refractivity (Wildman–Crippen MR) is 246 cm³/mol. The fraction of sp³-hybridized carbons (Fsp3) is 0. The van der Waals surface area contributed by atoms with Gasteiger partial charge in [-0.1, -0.05) is 182 Å². The van der Waals surface area contributed by atoms with Crippen molar-refractivity contribution in [1.29, 1.82) is 0 Å². The van der Waals surface area contributed by atoms with Gasteiger partial charge in [-0.05, 0) is 84.2 Å². The van der Waals surface area contributed by atoms with Crippen LogP contribution in [0.1, 0.15) is 0 Å². The Labute approximate surface area is 340 Å². The van der Waals surface area contributed by atoms with E-state index in [0.29, 0.717) is 17.6 Å². The van der Waals surface area contributed by atoms with Gasteiger partial charge in [0.15, 0.2) is 11.6 Å². The number of nitrogens with zero attached hydrogens (tertiary/aromatic N) is 4. The molecule has 0 saturated heterocycles. The van der Waals surface area contributed by atoms with Crippen LogP contribution in [0.2, 0.25) is 0 Å². The van der Waals surface area contributed by atoms with Crippen LogP contribution in [-0.4, -0.2) is 19.5 Å². The van der Waals surface area contributed by atoms with E-state index in [1.54, 1.807) is 0 Å². The number of hydrogen-bond donors (Lipinski definition) is 0. The van der Waals surface area contributed by atoms with Gasteiger partial charge in [-0.2, -0.15) is 9.97 Å². The second-order valence-corrected chi connectivity index (χ2v) is 15.2. The zero-order chi connectivity index (χ0) is 38.9. The summed E-state index contributed by atoms with van der Waals surface area (Å²) in [5, 5.41) is 12.1. The van der Waals surface area contributed by atoms with Crippen LogP contribution < -0.4 is 0 Å². The first-order valence-corrected chi connectivity index (χ1v) is 20.0. The number of benzene rings is 10. The van der Waals surface area contributed by atoms with Crippen LogP contribution in [0.15, 0.2) is 206 Å². The first-order valence-electron chi connectivity index (χ1n) is 20.0. The van der Waals surface area contributed by atoms with Gasteiger partial charge in [-0.15, -0.1) is 0 Å². The lowest BCUT2D eigenvalue weighted by Crippen LogP contribution is -2.06. The molecule has 0 unspecified atom stereocenters. The molecular weight excluding hydrogens is 717 g/mol. The maximum Gasteiger partial charge on any atom is 0.238 e. The molecule has 0 N–H and O–H groups in total. The summed E-state index contributed by atoms with van der Waals surface area (Å²) in [5.74, 6) is 1.81. The molecule has 2 aromatic heterocycles. The third-order valence-corrected chi connectivity index (χ3v) is 11.8. The molecule has 10 aromatic carbocycles. The van der Waals surface area contributed by atoms with E-state index in [1.165, 1.54) is 54.2 Å². The monoisotopic (exact) mass is 750 g/mol. The number of hydrogen-bond acceptors (Lipinski definition) is 3. The Hall–Kier alpha value is -7.95. The summed E-state index contributed by atoms with van der Waals surface area (Å²) in [6.07, 6.45) is 0. The van der Waals surface area contributed by atoms with Crippen molar-refractivity contribution in [3.63, 3.8) is 0 Å². The Kier molecular flexibility index (Phi) is 7.50. The highest BCUT2D eigenvalue weighted by Crippen LogP contribution is 2.44. The second-order valence-electron chi connectivity index (χ2n) is 15.2. The van der Waals surface area contributed by atoms with E-state index in [9.17, 15) is 0 Å². The molecule has 2 heterocycles. The smallest absolute Gasteiger partial charge is 0.238 e. The van der Waals surface area contributed by atoms with Crippen LogP contribution >= 0.6 is 0 Å². The van der Waals surface area contributed by atoms with Crippen LogP contribution in [0.4, 0.5) is 0 Å². The Morgan fingerprint density at radius 2 is 0.763 bits per heavy atom. The first-order chi connectivity index (χ1) is 29.2. The molecule has 0 amide bonds. The van der Waals surface area contributed by atoms with Crippen molar-refractivity contribution in [2.75, 3.05) is 0 Å². The van der Waals surface area contributed by atoms with Crippen LogP contribution in [0.25, 0.3) is 116 Å². The van der Waals surface area contributed by atoms with Gasteiger partial charge in [0, 0.05) is 27.3 Å². The molecule has 0 fully saturated rings. The minimum absolute atomic E-state index is 0.575. The van der Waals surface area contributed by atoms with Crippen LogP contribution in [0.5, 0.6) is 0 Å². The topological polar surface area (TPSA) is 43.6 Å². The molecule has 0 radical (unpaired) electrons. The minimum Gasteiger partial charge on any atom is -0.278 e. The van der Waals surface area contributed by atoms with E-state index < -0.39 is 0 Å². The lowest BCUT2D eigenvalue weighted by atomic mass is 9.91. The summed E-state index contributed by atoms with van der Waals surface area (Å²) >= 11 is 0. The third-order valence-electron chi connectivity index (χ3n) is 11.8. The van der Waals surface area contributed by atoms with Crippen molar-refractivity contribution in [3.8, 4) is 51.0 Å². The highest BCUT2D eigenvalue weighted by Gasteiger charge is 2.22. The zero-order valence-electron chi connectivity index (χ0n) is 31.9. The van der Waals surface area contributed by atoms with Crippen molar-refractivity contribution >= 4 is 64.9 Å². The fourth-order valence-electron chi connectivity index (χ4n) is 9.04. The van der Waals surface area contributed by atoms with Gasteiger partial charge in [0.25, 0.3) is 0 Å². The molecule has 0 aliphatic rings. The van der Waals surface area contributed by atoms with Gasteiger partial charge in [0.05, 0.1) is 11.0 Å². The maximum atomic E-state index is 5.37. The Balaban J connectivity index is 1.13. The average Bonchev–Trinajstić information content (AvgIpc) is 3.64. The molecule has 4 nitrogen and oxygen atoms in total. The van der Waals surface area contributed by atoms with Gasteiger partial charge < -0.3 is 0 Å². The predicted octanol–water partition coefficient (Wildman–Crippen LogP) is 14.2. The molecule has 0 aliphatic heterocycles. The number of aromatic nitrogens is 4. The van der Waals surface area contributed by atoms with Gasteiger partial charge in [-0.3, -0.25) is 4.57 Å². The first kappa shape index (κ1) is 33.2. The highest BCUT2D eigenvalue weighted by atomic mass is 15.2. The van der Waals surface area contributed by atoms with E-state index in [4.69, 9.17) is 15.0 Å². The van der Waals surface area contributed by atoms with Crippen molar-refractivity contribution in [1.82, 2.24) is 19.5 Å². The van der Waals surface area contributed by atoms with Gasteiger partial charge in [0.2, 0.25) is 5.95 Å². The summed E-state index contributed by atoms with van der Waals surface area (Å²) in [6.45, 7) is 0. The zero-order valence-corrected chi connectivity index (χ0v) is 31.9. The largest absolute Gasteiger partial charge is 0.278 e. The van der Waals surface area contributed by atoms with Crippen molar-refractivity contribution in [3.05, 3.63) is 206 Å². The summed E-state index contributed by atoms with van der Waals surface area (Å²) in [4.78, 5) is 15.8. The quantitative estimate of drug-likeness (QED) is 0.165. The fourth-order valence-corrected chi connectivity index (χ4v) is 9.04. The normalized spacial score (nSPS) is 11.7. The minimum atomic E-state index is 0.575. The van der Waals surface area contributed by atoms with Gasteiger partial charge >= 0.3 is 0 Å².